The van der Waals surface area contributed by atoms with E-state index in [4.69, 9.17) is 10.5 Å². The topological polar surface area (TPSA) is 69.4 Å². The number of carbonyl (C=O) groups excluding carboxylic acids is 2. The van der Waals surface area contributed by atoms with Crippen LogP contribution in [0.3, 0.4) is 0 Å². The molecule has 0 rings (SSSR count). The molecule has 2 atom stereocenters. The van der Waals surface area contributed by atoms with E-state index in [1.807, 2.05) is 6.92 Å². The number of rotatable bonds is 6. The van der Waals surface area contributed by atoms with Crippen molar-refractivity contribution in [2.45, 2.75) is 25.9 Å². The predicted molar refractivity (Wildman–Crippen MR) is 44.5 cm³/mol. The van der Waals surface area contributed by atoms with Crippen LogP contribution in [0.4, 0.5) is 0 Å². The second kappa shape index (κ2) is 5.71. The molecule has 4 nitrogen and oxygen atoms in total. The van der Waals surface area contributed by atoms with E-state index in [9.17, 15) is 9.59 Å². The third kappa shape index (κ3) is 4.08. The lowest BCUT2D eigenvalue weighted by Gasteiger charge is -2.18. The third-order valence-corrected chi connectivity index (χ3v) is 1.81. The van der Waals surface area contributed by atoms with Gasteiger partial charge >= 0.3 is 0 Å². The number of nitrogens with two attached hydrogens (primary N) is 1. The molecule has 0 aliphatic heterocycles. The first-order valence-electron chi connectivity index (χ1n) is 3.86. The number of hydrogen-bond donors (Lipinski definition) is 1. The fraction of sp³-hybridized carbons (Fsp3) is 0.750. The molecule has 0 radical (unpaired) electrons. The lowest BCUT2D eigenvalue weighted by molar-refractivity contribution is -0.122. The van der Waals surface area contributed by atoms with Gasteiger partial charge in [0.15, 0.2) is 0 Å². The lowest BCUT2D eigenvalue weighted by Crippen LogP contribution is -2.27. The Bertz CT molecular complexity index is 158. The van der Waals surface area contributed by atoms with Crippen LogP contribution in [0.2, 0.25) is 0 Å². The Morgan fingerprint density at radius 1 is 1.67 bits per heavy atom. The van der Waals surface area contributed by atoms with Gasteiger partial charge in [-0.3, -0.25) is 4.79 Å². The number of aldehydes is 1. The highest BCUT2D eigenvalue weighted by Crippen LogP contribution is 2.12. The Balaban J connectivity index is 3.94. The number of hydrogen-bond acceptors (Lipinski definition) is 3. The van der Waals surface area contributed by atoms with Crippen molar-refractivity contribution in [2.24, 2.45) is 11.7 Å². The first-order chi connectivity index (χ1) is 5.61. The Morgan fingerprint density at radius 2 is 2.25 bits per heavy atom. The van der Waals surface area contributed by atoms with Crippen molar-refractivity contribution in [2.75, 3.05) is 7.11 Å². The molecule has 0 heterocycles. The summed E-state index contributed by atoms with van der Waals surface area (Å²) in [4.78, 5) is 20.7. The highest BCUT2D eigenvalue weighted by atomic mass is 16.5. The van der Waals surface area contributed by atoms with Crippen LogP contribution >= 0.6 is 0 Å². The van der Waals surface area contributed by atoms with Gasteiger partial charge in [0.25, 0.3) is 0 Å². The monoisotopic (exact) mass is 173 g/mol. The molecular formula is C8H15NO3. The zero-order valence-corrected chi connectivity index (χ0v) is 7.45. The van der Waals surface area contributed by atoms with Crippen molar-refractivity contribution in [1.82, 2.24) is 0 Å². The number of ether oxygens (including phenoxy) is 1. The Morgan fingerprint density at radius 3 is 2.58 bits per heavy atom. The summed E-state index contributed by atoms with van der Waals surface area (Å²) in [6.45, 7) is 1.85. The summed E-state index contributed by atoms with van der Waals surface area (Å²) in [5, 5.41) is 0. The predicted octanol–water partition coefficient (Wildman–Crippen LogP) is 0.102. The number of carbonyl (C=O) groups is 2. The van der Waals surface area contributed by atoms with Gasteiger partial charge in [0.05, 0.1) is 12.5 Å². The molecule has 12 heavy (non-hydrogen) atoms. The molecule has 0 aromatic carbocycles. The fourth-order valence-corrected chi connectivity index (χ4v) is 1.02. The van der Waals surface area contributed by atoms with Crippen LogP contribution in [0.15, 0.2) is 0 Å². The minimum Gasteiger partial charge on any atom is -0.381 e. The van der Waals surface area contributed by atoms with E-state index in [-0.39, 0.29) is 18.4 Å². The summed E-state index contributed by atoms with van der Waals surface area (Å²) in [7, 11) is 1.51. The summed E-state index contributed by atoms with van der Waals surface area (Å²) < 4.78 is 5.02. The molecule has 70 valence electrons. The fourth-order valence-electron chi connectivity index (χ4n) is 1.02. The van der Waals surface area contributed by atoms with Crippen molar-refractivity contribution in [3.8, 4) is 0 Å². The number of primary amides is 1. The standard InChI is InChI=1S/C8H15NO3/c1-6(3-4-10)7(12-2)5-8(9)11/h4,6-7H,3,5H2,1-2H3,(H2,9,11)/t6-,7+/m1/s1. The average Bonchev–Trinajstić information content (AvgIpc) is 2.00. The molecule has 4 heteroatoms. The van der Waals surface area contributed by atoms with Crippen LogP contribution in [0.5, 0.6) is 0 Å². The summed E-state index contributed by atoms with van der Waals surface area (Å²) >= 11 is 0. The van der Waals surface area contributed by atoms with E-state index >= 15 is 0 Å². The molecule has 1 amide bonds. The zero-order valence-electron chi connectivity index (χ0n) is 7.45. The van der Waals surface area contributed by atoms with E-state index < -0.39 is 5.91 Å². The van der Waals surface area contributed by atoms with Gasteiger partial charge in [-0.25, -0.2) is 0 Å². The second-order valence-corrected chi connectivity index (χ2v) is 2.82. The van der Waals surface area contributed by atoms with E-state index in [2.05, 4.69) is 0 Å². The van der Waals surface area contributed by atoms with Crippen LogP contribution in [0.1, 0.15) is 19.8 Å². The van der Waals surface area contributed by atoms with Crippen LogP contribution in [-0.4, -0.2) is 25.4 Å². The molecule has 0 bridgehead atoms. The quantitative estimate of drug-likeness (QED) is 0.579. The molecule has 0 aromatic rings. The zero-order chi connectivity index (χ0) is 9.56. The molecule has 0 saturated carbocycles. The van der Waals surface area contributed by atoms with Crippen molar-refractivity contribution in [3.05, 3.63) is 0 Å². The first kappa shape index (κ1) is 11.1. The van der Waals surface area contributed by atoms with Gasteiger partial charge < -0.3 is 15.3 Å². The Labute approximate surface area is 72.1 Å². The van der Waals surface area contributed by atoms with Crippen molar-refractivity contribution in [3.63, 3.8) is 0 Å². The van der Waals surface area contributed by atoms with E-state index in [0.29, 0.717) is 6.42 Å². The maximum absolute atomic E-state index is 10.5. The molecule has 0 saturated heterocycles. The molecule has 0 aromatic heterocycles. The molecule has 0 unspecified atom stereocenters. The van der Waals surface area contributed by atoms with E-state index in [1.54, 1.807) is 0 Å². The molecule has 0 spiro atoms. The molecule has 2 N–H and O–H groups in total. The summed E-state index contributed by atoms with van der Waals surface area (Å²) in [6.07, 6.45) is 1.14. The molecule has 0 aliphatic carbocycles. The Hall–Kier alpha value is -0.900. The lowest BCUT2D eigenvalue weighted by atomic mass is 9.99. The molecule has 0 aliphatic rings. The SMILES string of the molecule is CO[C@@H](CC(N)=O)[C@H](C)CC=O. The highest BCUT2D eigenvalue weighted by molar-refractivity contribution is 5.74. The van der Waals surface area contributed by atoms with Gasteiger partial charge in [-0.1, -0.05) is 6.92 Å². The summed E-state index contributed by atoms with van der Waals surface area (Å²) in [5.74, 6) is -0.361. The van der Waals surface area contributed by atoms with Crippen molar-refractivity contribution in [1.29, 1.82) is 0 Å². The van der Waals surface area contributed by atoms with Gasteiger partial charge in [0.2, 0.25) is 5.91 Å². The van der Waals surface area contributed by atoms with Gasteiger partial charge in [-0.05, 0) is 5.92 Å². The van der Waals surface area contributed by atoms with Gasteiger partial charge in [-0.2, -0.15) is 0 Å². The van der Waals surface area contributed by atoms with Gasteiger partial charge in [0, 0.05) is 13.5 Å². The molecular weight excluding hydrogens is 158 g/mol. The van der Waals surface area contributed by atoms with Crippen molar-refractivity contribution < 1.29 is 14.3 Å². The van der Waals surface area contributed by atoms with Crippen LogP contribution in [-0.2, 0) is 14.3 Å². The minimum atomic E-state index is -0.403. The van der Waals surface area contributed by atoms with Gasteiger partial charge in [0.1, 0.15) is 6.29 Å². The Kier molecular flexibility index (Phi) is 5.28. The second-order valence-electron chi connectivity index (χ2n) is 2.82. The first-order valence-corrected chi connectivity index (χ1v) is 3.86. The number of methoxy groups -OCH3 is 1. The maximum Gasteiger partial charge on any atom is 0.220 e. The normalized spacial score (nSPS) is 15.2. The minimum absolute atomic E-state index is 0.0417. The smallest absolute Gasteiger partial charge is 0.220 e. The van der Waals surface area contributed by atoms with Crippen LogP contribution in [0, 0.1) is 5.92 Å². The van der Waals surface area contributed by atoms with Crippen LogP contribution < -0.4 is 5.73 Å². The number of amides is 1. The average molecular weight is 173 g/mol. The van der Waals surface area contributed by atoms with Gasteiger partial charge in [-0.15, -0.1) is 0 Å². The molecule has 0 fully saturated rings. The van der Waals surface area contributed by atoms with E-state index in [1.165, 1.54) is 7.11 Å². The maximum atomic E-state index is 10.5. The largest absolute Gasteiger partial charge is 0.381 e. The van der Waals surface area contributed by atoms with E-state index in [0.717, 1.165) is 6.29 Å². The summed E-state index contributed by atoms with van der Waals surface area (Å²) in [5.41, 5.74) is 5.00. The van der Waals surface area contributed by atoms with Crippen LogP contribution in [0.25, 0.3) is 0 Å². The third-order valence-electron chi connectivity index (χ3n) is 1.81. The van der Waals surface area contributed by atoms with Crippen molar-refractivity contribution >= 4 is 12.2 Å². The highest BCUT2D eigenvalue weighted by Gasteiger charge is 2.18. The summed E-state index contributed by atoms with van der Waals surface area (Å²) in [6, 6.07) is 0.